The fourth-order valence-electron chi connectivity index (χ4n) is 4.15. The van der Waals surface area contributed by atoms with Crippen molar-refractivity contribution >= 4 is 46.0 Å². The van der Waals surface area contributed by atoms with Crippen LogP contribution >= 0.6 is 0 Å². The molecule has 1 heterocycles. The molecular formula is C22H11BO. The van der Waals surface area contributed by atoms with Crippen LogP contribution in [0.4, 0.5) is 0 Å². The van der Waals surface area contributed by atoms with E-state index in [9.17, 15) is 0 Å². The Morgan fingerprint density at radius 2 is 1.46 bits per heavy atom. The van der Waals surface area contributed by atoms with Gasteiger partial charge in [-0.2, -0.15) is 0 Å². The summed E-state index contributed by atoms with van der Waals surface area (Å²) in [5.74, 6) is 0. The zero-order chi connectivity index (χ0) is 15.8. The molecule has 1 aliphatic rings. The minimum absolute atomic E-state index is 0.791. The Morgan fingerprint density at radius 3 is 2.42 bits per heavy atom. The number of rotatable bonds is 0. The molecule has 2 heteroatoms. The Morgan fingerprint density at radius 1 is 0.583 bits per heavy atom. The Kier molecular flexibility index (Phi) is 2.12. The van der Waals surface area contributed by atoms with Crippen LogP contribution in [0.25, 0.3) is 55.0 Å². The first-order chi connectivity index (χ1) is 11.8. The summed E-state index contributed by atoms with van der Waals surface area (Å²) in [5, 5.41) is 4.93. The van der Waals surface area contributed by atoms with E-state index in [2.05, 4.69) is 48.5 Å². The molecule has 108 valence electrons. The molecule has 0 bridgehead atoms. The number of hydrogen-bond acceptors (Lipinski definition) is 1. The van der Waals surface area contributed by atoms with Crippen LogP contribution in [0.3, 0.4) is 0 Å². The smallest absolute Gasteiger partial charge is 0.136 e. The molecule has 1 aromatic heterocycles. The molecule has 2 radical (unpaired) electrons. The number of para-hydroxylation sites is 1. The molecule has 0 atom stereocenters. The summed E-state index contributed by atoms with van der Waals surface area (Å²) < 4.78 is 6.14. The fraction of sp³-hybridized carbons (Fsp3) is 0. The molecule has 0 spiro atoms. The molecule has 4 aromatic carbocycles. The van der Waals surface area contributed by atoms with Crippen LogP contribution in [0.5, 0.6) is 0 Å². The highest BCUT2D eigenvalue weighted by Gasteiger charge is 2.24. The second kappa shape index (κ2) is 4.10. The summed E-state index contributed by atoms with van der Waals surface area (Å²) in [4.78, 5) is 0. The summed E-state index contributed by atoms with van der Waals surface area (Å²) in [6, 6.07) is 23.1. The first-order valence-electron chi connectivity index (χ1n) is 8.08. The van der Waals surface area contributed by atoms with Crippen molar-refractivity contribution in [3.8, 4) is 22.3 Å². The van der Waals surface area contributed by atoms with Crippen molar-refractivity contribution in [3.05, 3.63) is 66.7 Å². The van der Waals surface area contributed by atoms with E-state index < -0.39 is 0 Å². The lowest BCUT2D eigenvalue weighted by Crippen LogP contribution is -2.00. The van der Waals surface area contributed by atoms with Crippen LogP contribution in [0.15, 0.2) is 71.1 Å². The Hall–Kier alpha value is -3.00. The van der Waals surface area contributed by atoms with Crippen LogP contribution in [-0.4, -0.2) is 7.85 Å². The minimum atomic E-state index is 0.791. The van der Waals surface area contributed by atoms with Gasteiger partial charge in [-0.05, 0) is 45.2 Å². The lowest BCUT2D eigenvalue weighted by molar-refractivity contribution is 0.669. The lowest BCUT2D eigenvalue weighted by atomic mass is 9.91. The molecule has 0 aliphatic heterocycles. The maximum atomic E-state index is 6.14. The van der Waals surface area contributed by atoms with Crippen LogP contribution in [0.2, 0.25) is 0 Å². The summed E-state index contributed by atoms with van der Waals surface area (Å²) in [6.07, 6.45) is 0. The van der Waals surface area contributed by atoms with Gasteiger partial charge in [0.1, 0.15) is 19.0 Å². The molecule has 5 aromatic rings. The molecule has 1 aliphatic carbocycles. The number of benzene rings is 4. The van der Waals surface area contributed by atoms with Gasteiger partial charge >= 0.3 is 0 Å². The molecule has 0 amide bonds. The standard InChI is InChI=1S/C22H11BO/c23-12-8-9-13-14-5-3-6-16-21(14)18(17(13)10-12)11-20-22(16)15-4-1-2-7-19(15)24-20/h1-11H. The van der Waals surface area contributed by atoms with E-state index in [0.717, 1.165) is 16.6 Å². The predicted molar refractivity (Wildman–Crippen MR) is 101 cm³/mol. The second-order valence-electron chi connectivity index (χ2n) is 6.43. The average Bonchev–Trinajstić information content (AvgIpc) is 3.13. The number of hydrogen-bond donors (Lipinski definition) is 0. The van der Waals surface area contributed by atoms with Crippen molar-refractivity contribution in [1.29, 1.82) is 0 Å². The highest BCUT2D eigenvalue weighted by atomic mass is 16.3. The zero-order valence-corrected chi connectivity index (χ0v) is 12.8. The van der Waals surface area contributed by atoms with Gasteiger partial charge in [0.05, 0.1) is 0 Å². The van der Waals surface area contributed by atoms with Gasteiger partial charge in [0.2, 0.25) is 0 Å². The van der Waals surface area contributed by atoms with Gasteiger partial charge in [-0.1, -0.05) is 60.1 Å². The van der Waals surface area contributed by atoms with Gasteiger partial charge in [0.25, 0.3) is 0 Å². The third-order valence-corrected chi connectivity index (χ3v) is 5.13. The maximum absolute atomic E-state index is 6.14. The van der Waals surface area contributed by atoms with E-state index in [1.165, 1.54) is 43.8 Å². The zero-order valence-electron chi connectivity index (χ0n) is 12.8. The van der Waals surface area contributed by atoms with Crippen molar-refractivity contribution in [2.75, 3.05) is 0 Å². The van der Waals surface area contributed by atoms with Gasteiger partial charge in [0.15, 0.2) is 0 Å². The molecular weight excluding hydrogens is 291 g/mol. The number of fused-ring (bicyclic) bond motifs is 7. The molecule has 24 heavy (non-hydrogen) atoms. The van der Waals surface area contributed by atoms with Crippen molar-refractivity contribution in [1.82, 2.24) is 0 Å². The normalized spacial score (nSPS) is 12.3. The molecule has 0 saturated heterocycles. The highest BCUT2D eigenvalue weighted by Crippen LogP contribution is 2.50. The van der Waals surface area contributed by atoms with E-state index in [0.29, 0.717) is 0 Å². The van der Waals surface area contributed by atoms with Gasteiger partial charge in [-0.25, -0.2) is 0 Å². The molecule has 0 unspecified atom stereocenters. The van der Waals surface area contributed by atoms with Crippen molar-refractivity contribution < 1.29 is 4.42 Å². The third kappa shape index (κ3) is 1.37. The Labute approximate surface area is 139 Å². The first-order valence-corrected chi connectivity index (χ1v) is 8.08. The van der Waals surface area contributed by atoms with Crippen LogP contribution in [0, 0.1) is 0 Å². The Bertz CT molecular complexity index is 1310. The van der Waals surface area contributed by atoms with E-state index in [-0.39, 0.29) is 0 Å². The van der Waals surface area contributed by atoms with Crippen LogP contribution < -0.4 is 5.46 Å². The predicted octanol–water partition coefficient (Wildman–Crippen LogP) is 5.18. The minimum Gasteiger partial charge on any atom is -0.456 e. The number of furan rings is 1. The summed E-state index contributed by atoms with van der Waals surface area (Å²) >= 11 is 0. The Balaban J connectivity index is 1.91. The second-order valence-corrected chi connectivity index (χ2v) is 6.43. The molecule has 0 N–H and O–H groups in total. The lowest BCUT2D eigenvalue weighted by Gasteiger charge is -2.04. The van der Waals surface area contributed by atoms with E-state index >= 15 is 0 Å². The third-order valence-electron chi connectivity index (χ3n) is 5.13. The quantitative estimate of drug-likeness (QED) is 0.352. The van der Waals surface area contributed by atoms with Crippen molar-refractivity contribution in [2.45, 2.75) is 0 Å². The molecule has 0 fully saturated rings. The van der Waals surface area contributed by atoms with Gasteiger partial charge in [-0.15, -0.1) is 0 Å². The van der Waals surface area contributed by atoms with E-state index in [1.807, 2.05) is 18.2 Å². The van der Waals surface area contributed by atoms with Crippen molar-refractivity contribution in [2.24, 2.45) is 0 Å². The molecule has 0 saturated carbocycles. The summed E-state index contributed by atoms with van der Waals surface area (Å²) in [7, 11) is 6.04. The van der Waals surface area contributed by atoms with E-state index in [1.54, 1.807) is 0 Å². The summed E-state index contributed by atoms with van der Waals surface area (Å²) in [6.45, 7) is 0. The largest absolute Gasteiger partial charge is 0.456 e. The van der Waals surface area contributed by atoms with Crippen molar-refractivity contribution in [3.63, 3.8) is 0 Å². The van der Waals surface area contributed by atoms with Gasteiger partial charge < -0.3 is 4.42 Å². The summed E-state index contributed by atoms with van der Waals surface area (Å²) in [5.41, 5.74) is 7.61. The van der Waals surface area contributed by atoms with Gasteiger partial charge in [-0.3, -0.25) is 0 Å². The average molecular weight is 302 g/mol. The van der Waals surface area contributed by atoms with Gasteiger partial charge in [0, 0.05) is 10.8 Å². The SMILES string of the molecule is [B]c1ccc2c(c1)-c1cc3oc4ccccc4c3c3cccc-2c13. The van der Waals surface area contributed by atoms with E-state index in [4.69, 9.17) is 12.3 Å². The topological polar surface area (TPSA) is 13.1 Å². The highest BCUT2D eigenvalue weighted by molar-refractivity contribution is 6.34. The van der Waals surface area contributed by atoms with Crippen LogP contribution in [0.1, 0.15) is 0 Å². The fourth-order valence-corrected chi connectivity index (χ4v) is 4.15. The van der Waals surface area contributed by atoms with Crippen LogP contribution in [-0.2, 0) is 0 Å². The molecule has 6 rings (SSSR count). The monoisotopic (exact) mass is 302 g/mol. The molecule has 1 nitrogen and oxygen atoms in total. The maximum Gasteiger partial charge on any atom is 0.136 e. The first kappa shape index (κ1) is 12.4.